The highest BCUT2D eigenvalue weighted by molar-refractivity contribution is 9.10. The van der Waals surface area contributed by atoms with E-state index in [-0.39, 0.29) is 21.4 Å². The van der Waals surface area contributed by atoms with Crippen molar-refractivity contribution in [3.05, 3.63) is 33.8 Å². The maximum absolute atomic E-state index is 12.8. The first-order valence-electron chi connectivity index (χ1n) is 6.26. The Balaban J connectivity index is 2.28. The summed E-state index contributed by atoms with van der Waals surface area (Å²) in [5, 5.41) is 0. The Labute approximate surface area is 124 Å². The zero-order valence-corrected chi connectivity index (χ0v) is 12.8. The van der Waals surface area contributed by atoms with Crippen molar-refractivity contribution < 1.29 is 18.0 Å². The highest BCUT2D eigenvalue weighted by Gasteiger charge is 2.36. The van der Waals surface area contributed by atoms with Crippen molar-refractivity contribution in [3.63, 3.8) is 0 Å². The molecule has 0 aliphatic carbocycles. The third kappa shape index (κ3) is 3.16. The molecule has 0 atom stereocenters. The van der Waals surface area contributed by atoms with E-state index in [4.69, 9.17) is 0 Å². The second-order valence-electron chi connectivity index (χ2n) is 5.83. The average Bonchev–Trinajstić information content (AvgIpc) is 2.68. The van der Waals surface area contributed by atoms with E-state index in [1.54, 1.807) is 4.90 Å². The van der Waals surface area contributed by atoms with Crippen LogP contribution in [0.2, 0.25) is 0 Å². The minimum atomic E-state index is -4.47. The molecule has 0 radical (unpaired) electrons. The van der Waals surface area contributed by atoms with Gasteiger partial charge in [-0.1, -0.05) is 29.8 Å². The predicted octanol–water partition coefficient (Wildman–Crippen LogP) is 4.34. The summed E-state index contributed by atoms with van der Waals surface area (Å²) < 4.78 is 38.5. The van der Waals surface area contributed by atoms with Crippen LogP contribution in [0.1, 0.15) is 36.2 Å². The van der Waals surface area contributed by atoms with E-state index in [1.807, 2.05) is 13.8 Å². The monoisotopic (exact) mass is 349 g/mol. The van der Waals surface area contributed by atoms with Gasteiger partial charge in [0.05, 0.1) is 5.56 Å². The van der Waals surface area contributed by atoms with Crippen molar-refractivity contribution in [1.82, 2.24) is 4.90 Å². The molecule has 1 aliphatic rings. The number of carbonyl (C=O) groups is 1. The molecule has 1 amide bonds. The van der Waals surface area contributed by atoms with Crippen LogP contribution in [-0.2, 0) is 6.18 Å². The minimum Gasteiger partial charge on any atom is -0.338 e. The number of nitrogens with zero attached hydrogens (tertiary/aromatic N) is 1. The lowest BCUT2D eigenvalue weighted by atomic mass is 9.93. The quantitative estimate of drug-likeness (QED) is 0.738. The summed E-state index contributed by atoms with van der Waals surface area (Å²) in [6, 6.07) is 3.61. The third-order valence-corrected chi connectivity index (χ3v) is 4.17. The van der Waals surface area contributed by atoms with Gasteiger partial charge in [0.1, 0.15) is 0 Å². The summed E-state index contributed by atoms with van der Waals surface area (Å²) in [7, 11) is 0. The van der Waals surface area contributed by atoms with Crippen LogP contribution in [0.4, 0.5) is 13.2 Å². The molecule has 20 heavy (non-hydrogen) atoms. The molecule has 2 rings (SSSR count). The molecule has 1 aromatic rings. The lowest BCUT2D eigenvalue weighted by Gasteiger charge is -2.20. The van der Waals surface area contributed by atoms with Gasteiger partial charge in [-0.15, -0.1) is 0 Å². The van der Waals surface area contributed by atoms with Gasteiger partial charge in [0.25, 0.3) is 5.91 Å². The van der Waals surface area contributed by atoms with E-state index >= 15 is 0 Å². The molecule has 0 unspecified atom stereocenters. The summed E-state index contributed by atoms with van der Waals surface area (Å²) in [6.45, 7) is 5.25. The standard InChI is InChI=1S/C14H15BrF3NO/c1-13(2)5-6-19(8-13)12(20)9-3-4-11(15)10(7-9)14(16,17)18/h3-4,7H,5-6,8H2,1-2H3. The molecular weight excluding hydrogens is 335 g/mol. The Kier molecular flexibility index (Phi) is 3.88. The molecule has 1 heterocycles. The lowest BCUT2D eigenvalue weighted by Crippen LogP contribution is -2.30. The SMILES string of the molecule is CC1(C)CCN(C(=O)c2ccc(Br)c(C(F)(F)F)c2)C1. The smallest absolute Gasteiger partial charge is 0.338 e. The summed E-state index contributed by atoms with van der Waals surface area (Å²) >= 11 is 2.87. The first kappa shape index (κ1) is 15.4. The van der Waals surface area contributed by atoms with Crippen LogP contribution in [0.5, 0.6) is 0 Å². The van der Waals surface area contributed by atoms with Crippen LogP contribution >= 0.6 is 15.9 Å². The van der Waals surface area contributed by atoms with E-state index in [0.717, 1.165) is 12.5 Å². The van der Waals surface area contributed by atoms with Gasteiger partial charge in [-0.05, 0) is 30.0 Å². The Morgan fingerprint density at radius 3 is 2.50 bits per heavy atom. The molecular formula is C14H15BrF3NO. The normalized spacial score (nSPS) is 18.4. The van der Waals surface area contributed by atoms with Gasteiger partial charge < -0.3 is 4.90 Å². The van der Waals surface area contributed by atoms with Crippen LogP contribution in [0.25, 0.3) is 0 Å². The molecule has 1 aromatic carbocycles. The fourth-order valence-corrected chi connectivity index (χ4v) is 2.82. The molecule has 0 N–H and O–H groups in total. The van der Waals surface area contributed by atoms with E-state index in [0.29, 0.717) is 13.1 Å². The molecule has 2 nitrogen and oxygen atoms in total. The molecule has 1 saturated heterocycles. The number of amides is 1. The van der Waals surface area contributed by atoms with E-state index in [1.165, 1.54) is 12.1 Å². The molecule has 0 aromatic heterocycles. The molecule has 1 fully saturated rings. The predicted molar refractivity (Wildman–Crippen MR) is 73.4 cm³/mol. The first-order valence-corrected chi connectivity index (χ1v) is 7.05. The van der Waals surface area contributed by atoms with Crippen molar-refractivity contribution in [2.24, 2.45) is 5.41 Å². The largest absolute Gasteiger partial charge is 0.417 e. The summed E-state index contributed by atoms with van der Waals surface area (Å²) in [4.78, 5) is 13.9. The minimum absolute atomic E-state index is 0.0257. The Morgan fingerprint density at radius 2 is 2.00 bits per heavy atom. The van der Waals surface area contributed by atoms with Crippen molar-refractivity contribution in [2.45, 2.75) is 26.4 Å². The molecule has 1 aliphatic heterocycles. The summed E-state index contributed by atoms with van der Waals surface area (Å²) in [5.41, 5.74) is -0.710. The van der Waals surface area contributed by atoms with Gasteiger partial charge in [0.15, 0.2) is 0 Å². The number of carbonyl (C=O) groups excluding carboxylic acids is 1. The molecule has 110 valence electrons. The van der Waals surface area contributed by atoms with Crippen molar-refractivity contribution in [2.75, 3.05) is 13.1 Å². The lowest BCUT2D eigenvalue weighted by molar-refractivity contribution is -0.138. The van der Waals surface area contributed by atoms with Crippen molar-refractivity contribution in [3.8, 4) is 0 Å². The molecule has 0 saturated carbocycles. The zero-order valence-electron chi connectivity index (χ0n) is 11.2. The number of benzene rings is 1. The van der Waals surface area contributed by atoms with Gasteiger partial charge in [0.2, 0.25) is 0 Å². The second-order valence-corrected chi connectivity index (χ2v) is 6.69. The van der Waals surface area contributed by atoms with E-state index in [9.17, 15) is 18.0 Å². The number of hydrogen-bond acceptors (Lipinski definition) is 1. The van der Waals surface area contributed by atoms with Gasteiger partial charge in [-0.2, -0.15) is 13.2 Å². The first-order chi connectivity index (χ1) is 9.10. The third-order valence-electron chi connectivity index (χ3n) is 3.48. The van der Waals surface area contributed by atoms with Crippen LogP contribution in [0.3, 0.4) is 0 Å². The molecule has 0 spiro atoms. The number of alkyl halides is 3. The fourth-order valence-electron chi connectivity index (χ4n) is 2.34. The van der Waals surface area contributed by atoms with Crippen LogP contribution in [0, 0.1) is 5.41 Å². The van der Waals surface area contributed by atoms with Crippen molar-refractivity contribution in [1.29, 1.82) is 0 Å². The number of likely N-dealkylation sites (tertiary alicyclic amines) is 1. The van der Waals surface area contributed by atoms with Gasteiger partial charge in [-0.3, -0.25) is 4.79 Å². The summed E-state index contributed by atoms with van der Waals surface area (Å²) in [6.07, 6.45) is -3.61. The van der Waals surface area contributed by atoms with E-state index < -0.39 is 11.7 Å². The Morgan fingerprint density at radius 1 is 1.35 bits per heavy atom. The van der Waals surface area contributed by atoms with Gasteiger partial charge >= 0.3 is 6.18 Å². The number of halogens is 4. The van der Waals surface area contributed by atoms with Crippen molar-refractivity contribution >= 4 is 21.8 Å². The fraction of sp³-hybridized carbons (Fsp3) is 0.500. The molecule has 0 bridgehead atoms. The highest BCUT2D eigenvalue weighted by atomic mass is 79.9. The Hall–Kier alpha value is -1.04. The zero-order chi connectivity index (χ0) is 15.1. The average molecular weight is 350 g/mol. The molecule has 6 heteroatoms. The van der Waals surface area contributed by atoms with Crippen LogP contribution in [0.15, 0.2) is 22.7 Å². The number of rotatable bonds is 1. The highest BCUT2D eigenvalue weighted by Crippen LogP contribution is 2.36. The summed E-state index contributed by atoms with van der Waals surface area (Å²) in [5.74, 6) is -0.339. The Bertz CT molecular complexity index is 540. The number of hydrogen-bond donors (Lipinski definition) is 0. The van der Waals surface area contributed by atoms with Crippen LogP contribution < -0.4 is 0 Å². The van der Waals surface area contributed by atoms with Crippen LogP contribution in [-0.4, -0.2) is 23.9 Å². The van der Waals surface area contributed by atoms with Gasteiger partial charge in [0, 0.05) is 23.1 Å². The maximum atomic E-state index is 12.8. The maximum Gasteiger partial charge on any atom is 0.417 e. The van der Waals surface area contributed by atoms with Gasteiger partial charge in [-0.25, -0.2) is 0 Å². The van der Waals surface area contributed by atoms with E-state index in [2.05, 4.69) is 15.9 Å². The second kappa shape index (κ2) is 5.06. The topological polar surface area (TPSA) is 20.3 Å².